The van der Waals surface area contributed by atoms with Crippen LogP contribution in [-0.4, -0.2) is 54.5 Å². The van der Waals surface area contributed by atoms with Crippen molar-refractivity contribution in [2.45, 2.75) is 57.3 Å². The summed E-state index contributed by atoms with van der Waals surface area (Å²) in [5.41, 5.74) is 4.93. The maximum absolute atomic E-state index is 10.1. The minimum atomic E-state index is -0.668. The molecule has 4 heteroatoms. The van der Waals surface area contributed by atoms with Crippen LogP contribution in [0.3, 0.4) is 0 Å². The van der Waals surface area contributed by atoms with E-state index >= 15 is 0 Å². The lowest BCUT2D eigenvalue weighted by Crippen LogP contribution is -2.40. The number of likely N-dealkylation sites (N-methyl/N-ethyl adjacent to an activating group) is 1. The van der Waals surface area contributed by atoms with E-state index in [9.17, 15) is 5.11 Å². The van der Waals surface area contributed by atoms with Crippen LogP contribution in [0, 0.1) is 0 Å². The molecule has 0 saturated carbocycles. The molecule has 1 saturated heterocycles. The normalized spacial score (nSPS) is 28.6. The number of hydrogen-bond donors (Lipinski definition) is 2. The summed E-state index contributed by atoms with van der Waals surface area (Å²) >= 11 is 0. The van der Waals surface area contributed by atoms with Crippen LogP contribution in [0.2, 0.25) is 0 Å². The number of aliphatic hydroxyl groups is 1. The highest BCUT2D eigenvalue weighted by Gasteiger charge is 2.28. The summed E-state index contributed by atoms with van der Waals surface area (Å²) in [7, 11) is 2.14. The first-order valence-electron chi connectivity index (χ1n) is 6.76. The van der Waals surface area contributed by atoms with E-state index in [-0.39, 0.29) is 0 Å². The Balaban J connectivity index is 2.26. The van der Waals surface area contributed by atoms with Crippen LogP contribution in [0.25, 0.3) is 0 Å². The van der Waals surface area contributed by atoms with Gasteiger partial charge in [-0.05, 0) is 46.2 Å². The third-order valence-corrected chi connectivity index (χ3v) is 4.09. The van der Waals surface area contributed by atoms with Crippen molar-refractivity contribution in [3.05, 3.63) is 0 Å². The highest BCUT2D eigenvalue weighted by atomic mass is 16.5. The van der Waals surface area contributed by atoms with Gasteiger partial charge in [-0.25, -0.2) is 0 Å². The van der Waals surface area contributed by atoms with Crippen molar-refractivity contribution < 1.29 is 9.84 Å². The quantitative estimate of drug-likeness (QED) is 0.701. The molecule has 3 N–H and O–H groups in total. The zero-order chi connectivity index (χ0) is 12.9. The zero-order valence-corrected chi connectivity index (χ0v) is 11.5. The molecular weight excluding hydrogens is 216 g/mol. The number of nitrogens with two attached hydrogens (primary N) is 1. The monoisotopic (exact) mass is 244 g/mol. The van der Waals surface area contributed by atoms with Crippen molar-refractivity contribution in [1.82, 2.24) is 4.90 Å². The Morgan fingerprint density at radius 3 is 2.71 bits per heavy atom. The Kier molecular flexibility index (Phi) is 5.86. The molecule has 3 unspecified atom stereocenters. The van der Waals surface area contributed by atoms with Crippen molar-refractivity contribution in [3.8, 4) is 0 Å². The number of ether oxygens (including phenoxy) is 1. The fraction of sp³-hybridized carbons (Fsp3) is 1.00. The highest BCUT2D eigenvalue weighted by Crippen LogP contribution is 2.20. The molecule has 0 bridgehead atoms. The first-order valence-corrected chi connectivity index (χ1v) is 6.76. The summed E-state index contributed by atoms with van der Waals surface area (Å²) in [5.74, 6) is 0. The number of rotatable bonds is 7. The largest absolute Gasteiger partial charge is 0.389 e. The standard InChI is InChI=1S/C13H28N2O2/c1-4-13(16,10-14)7-5-8-15(3)12-6-9-17-11(12)2/h11-12,16H,4-10,14H2,1-3H3. The SMILES string of the molecule is CCC(O)(CN)CCCN(C)C1CCOC1C. The van der Waals surface area contributed by atoms with Gasteiger partial charge in [0.15, 0.2) is 0 Å². The van der Waals surface area contributed by atoms with E-state index in [2.05, 4.69) is 18.9 Å². The molecule has 0 aromatic carbocycles. The third-order valence-electron chi connectivity index (χ3n) is 4.09. The van der Waals surface area contributed by atoms with Crippen molar-refractivity contribution in [2.24, 2.45) is 5.73 Å². The van der Waals surface area contributed by atoms with Crippen LogP contribution >= 0.6 is 0 Å². The Morgan fingerprint density at radius 1 is 1.53 bits per heavy atom. The van der Waals surface area contributed by atoms with Crippen LogP contribution in [0.5, 0.6) is 0 Å². The summed E-state index contributed by atoms with van der Waals surface area (Å²) in [6.45, 7) is 6.36. The van der Waals surface area contributed by atoms with Crippen LogP contribution in [-0.2, 0) is 4.74 Å². The second-order valence-electron chi connectivity index (χ2n) is 5.30. The van der Waals surface area contributed by atoms with E-state index in [4.69, 9.17) is 10.5 Å². The zero-order valence-electron chi connectivity index (χ0n) is 11.5. The van der Waals surface area contributed by atoms with E-state index in [1.54, 1.807) is 0 Å². The van der Waals surface area contributed by atoms with E-state index in [1.807, 2.05) is 6.92 Å². The highest BCUT2D eigenvalue weighted by molar-refractivity contribution is 4.82. The fourth-order valence-electron chi connectivity index (χ4n) is 2.55. The molecule has 1 rings (SSSR count). The number of nitrogens with zero attached hydrogens (tertiary/aromatic N) is 1. The molecule has 17 heavy (non-hydrogen) atoms. The molecule has 4 nitrogen and oxygen atoms in total. The van der Waals surface area contributed by atoms with Crippen LogP contribution < -0.4 is 5.73 Å². The third kappa shape index (κ3) is 4.21. The lowest BCUT2D eigenvalue weighted by atomic mass is 9.94. The molecule has 0 aromatic rings. The molecule has 102 valence electrons. The van der Waals surface area contributed by atoms with Gasteiger partial charge in [0, 0.05) is 19.2 Å². The van der Waals surface area contributed by atoms with Gasteiger partial charge in [-0.2, -0.15) is 0 Å². The molecule has 0 amide bonds. The van der Waals surface area contributed by atoms with Gasteiger partial charge in [-0.1, -0.05) is 6.92 Å². The topological polar surface area (TPSA) is 58.7 Å². The molecule has 0 spiro atoms. The maximum atomic E-state index is 10.1. The van der Waals surface area contributed by atoms with Crippen molar-refractivity contribution in [1.29, 1.82) is 0 Å². The molecule has 0 aliphatic carbocycles. The minimum Gasteiger partial charge on any atom is -0.389 e. The van der Waals surface area contributed by atoms with Gasteiger partial charge in [-0.15, -0.1) is 0 Å². The van der Waals surface area contributed by atoms with Crippen molar-refractivity contribution >= 4 is 0 Å². The summed E-state index contributed by atoms with van der Waals surface area (Å²) in [4.78, 5) is 2.35. The Morgan fingerprint density at radius 2 is 2.24 bits per heavy atom. The second-order valence-corrected chi connectivity index (χ2v) is 5.30. The average Bonchev–Trinajstić information content (AvgIpc) is 2.75. The summed E-state index contributed by atoms with van der Waals surface area (Å²) in [5, 5.41) is 10.1. The minimum absolute atomic E-state index is 0.333. The Bertz CT molecular complexity index is 219. The first-order chi connectivity index (χ1) is 8.02. The van der Waals surface area contributed by atoms with Gasteiger partial charge in [0.1, 0.15) is 0 Å². The van der Waals surface area contributed by atoms with Gasteiger partial charge in [0.2, 0.25) is 0 Å². The summed E-state index contributed by atoms with van der Waals surface area (Å²) in [6, 6.07) is 0.530. The van der Waals surface area contributed by atoms with Crippen molar-refractivity contribution in [2.75, 3.05) is 26.7 Å². The van der Waals surface area contributed by atoms with Gasteiger partial charge in [0.05, 0.1) is 11.7 Å². The predicted molar refractivity (Wildman–Crippen MR) is 70.0 cm³/mol. The maximum Gasteiger partial charge on any atom is 0.0767 e. The molecule has 0 radical (unpaired) electrons. The molecule has 1 heterocycles. The second kappa shape index (κ2) is 6.69. The van der Waals surface area contributed by atoms with Gasteiger partial charge >= 0.3 is 0 Å². The molecule has 3 atom stereocenters. The van der Waals surface area contributed by atoms with Crippen LogP contribution in [0.4, 0.5) is 0 Å². The van der Waals surface area contributed by atoms with Gasteiger partial charge in [0.25, 0.3) is 0 Å². The molecule has 1 aliphatic rings. The summed E-state index contributed by atoms with van der Waals surface area (Å²) < 4.78 is 5.57. The summed E-state index contributed by atoms with van der Waals surface area (Å²) in [6.07, 6.45) is 3.95. The Hall–Kier alpha value is -0.160. The van der Waals surface area contributed by atoms with Crippen LogP contribution in [0.1, 0.15) is 39.5 Å². The predicted octanol–water partition coefficient (Wildman–Crippen LogP) is 0.976. The van der Waals surface area contributed by atoms with Gasteiger partial charge < -0.3 is 20.5 Å². The average molecular weight is 244 g/mol. The molecule has 0 aromatic heterocycles. The molecular formula is C13H28N2O2. The fourth-order valence-corrected chi connectivity index (χ4v) is 2.55. The van der Waals surface area contributed by atoms with E-state index in [1.165, 1.54) is 0 Å². The van der Waals surface area contributed by atoms with Gasteiger partial charge in [-0.3, -0.25) is 0 Å². The van der Waals surface area contributed by atoms with E-state index < -0.39 is 5.60 Å². The van der Waals surface area contributed by atoms with E-state index in [0.717, 1.165) is 38.8 Å². The lowest BCUT2D eigenvalue weighted by Gasteiger charge is -2.29. The smallest absolute Gasteiger partial charge is 0.0767 e. The van der Waals surface area contributed by atoms with Crippen molar-refractivity contribution in [3.63, 3.8) is 0 Å². The molecule has 1 aliphatic heterocycles. The first kappa shape index (κ1) is 14.9. The number of hydrogen-bond acceptors (Lipinski definition) is 4. The van der Waals surface area contributed by atoms with E-state index in [0.29, 0.717) is 18.7 Å². The Labute approximate surface area is 105 Å². The lowest BCUT2D eigenvalue weighted by molar-refractivity contribution is 0.0291. The van der Waals surface area contributed by atoms with Crippen LogP contribution in [0.15, 0.2) is 0 Å². The molecule has 1 fully saturated rings.